The summed E-state index contributed by atoms with van der Waals surface area (Å²) in [5.74, 6) is 1.35. The molecule has 1 saturated carbocycles. The first-order valence-electron chi connectivity index (χ1n) is 8.03. The van der Waals surface area contributed by atoms with Crippen molar-refractivity contribution in [3.63, 3.8) is 0 Å². The Bertz CT molecular complexity index is 467. The lowest BCUT2D eigenvalue weighted by Gasteiger charge is -2.33. The number of rotatable bonds is 4. The maximum absolute atomic E-state index is 11.8. The Kier molecular flexibility index (Phi) is 5.27. The fourth-order valence-electron chi connectivity index (χ4n) is 2.90. The van der Waals surface area contributed by atoms with Gasteiger partial charge in [0.25, 0.3) is 0 Å². The molecule has 0 bridgehead atoms. The number of benzene rings is 1. The van der Waals surface area contributed by atoms with Gasteiger partial charge in [0.2, 0.25) is 0 Å². The van der Waals surface area contributed by atoms with E-state index in [9.17, 15) is 4.79 Å². The highest BCUT2D eigenvalue weighted by Crippen LogP contribution is 2.31. The summed E-state index contributed by atoms with van der Waals surface area (Å²) in [7, 11) is 0. The number of hydrogen-bond acceptors (Lipinski definition) is 3. The fraction of sp³-hybridized carbons (Fsp3) is 0.611. The van der Waals surface area contributed by atoms with Crippen LogP contribution in [0.25, 0.3) is 0 Å². The SMILES string of the molecule is CC(C)OC(=O)c1ccc(NC2CCC(C)C(C)C2)cc1. The molecule has 0 radical (unpaired) electrons. The summed E-state index contributed by atoms with van der Waals surface area (Å²) in [5, 5.41) is 3.59. The van der Waals surface area contributed by atoms with E-state index < -0.39 is 0 Å². The van der Waals surface area contributed by atoms with E-state index in [4.69, 9.17) is 4.74 Å². The molecule has 1 aliphatic rings. The molecule has 0 heterocycles. The van der Waals surface area contributed by atoms with Gasteiger partial charge in [-0.15, -0.1) is 0 Å². The number of ether oxygens (including phenoxy) is 1. The number of hydrogen-bond donors (Lipinski definition) is 1. The van der Waals surface area contributed by atoms with Gasteiger partial charge in [0, 0.05) is 11.7 Å². The van der Waals surface area contributed by atoms with E-state index >= 15 is 0 Å². The van der Waals surface area contributed by atoms with Crippen LogP contribution < -0.4 is 5.32 Å². The van der Waals surface area contributed by atoms with Gasteiger partial charge in [-0.1, -0.05) is 13.8 Å². The standard InChI is InChI=1S/C18H27NO2/c1-12(2)21-18(20)15-6-9-16(10-7-15)19-17-8-5-13(3)14(4)11-17/h6-7,9-10,12-14,17,19H,5,8,11H2,1-4H3. The van der Waals surface area contributed by atoms with Crippen LogP contribution in [-0.4, -0.2) is 18.1 Å². The van der Waals surface area contributed by atoms with Crippen molar-refractivity contribution in [3.05, 3.63) is 29.8 Å². The first-order valence-corrected chi connectivity index (χ1v) is 8.03. The first-order chi connectivity index (χ1) is 9.95. The topological polar surface area (TPSA) is 38.3 Å². The summed E-state index contributed by atoms with van der Waals surface area (Å²) in [6.07, 6.45) is 3.65. The molecule has 0 saturated heterocycles. The number of esters is 1. The van der Waals surface area contributed by atoms with Gasteiger partial charge in [0.1, 0.15) is 0 Å². The van der Waals surface area contributed by atoms with Gasteiger partial charge >= 0.3 is 5.97 Å². The van der Waals surface area contributed by atoms with Crippen molar-refractivity contribution in [2.75, 3.05) is 5.32 Å². The minimum atomic E-state index is -0.253. The molecule has 3 heteroatoms. The largest absolute Gasteiger partial charge is 0.459 e. The minimum absolute atomic E-state index is 0.0824. The molecular weight excluding hydrogens is 262 g/mol. The molecule has 0 aromatic heterocycles. The zero-order valence-corrected chi connectivity index (χ0v) is 13.6. The summed E-state index contributed by atoms with van der Waals surface area (Å²) < 4.78 is 5.19. The monoisotopic (exact) mass is 289 g/mol. The predicted octanol–water partition coefficient (Wildman–Crippen LogP) is 4.49. The predicted molar refractivity (Wildman–Crippen MR) is 86.6 cm³/mol. The molecule has 21 heavy (non-hydrogen) atoms. The van der Waals surface area contributed by atoms with Gasteiger partial charge in [0.15, 0.2) is 0 Å². The smallest absolute Gasteiger partial charge is 0.338 e. The summed E-state index contributed by atoms with van der Waals surface area (Å²) >= 11 is 0. The van der Waals surface area contributed by atoms with Crippen molar-refractivity contribution >= 4 is 11.7 Å². The van der Waals surface area contributed by atoms with Crippen molar-refractivity contribution in [3.8, 4) is 0 Å². The second-order valence-electron chi connectivity index (χ2n) is 6.64. The van der Waals surface area contributed by atoms with Crippen molar-refractivity contribution in [2.45, 2.75) is 59.1 Å². The third kappa shape index (κ3) is 4.48. The van der Waals surface area contributed by atoms with Crippen molar-refractivity contribution in [1.82, 2.24) is 0 Å². The van der Waals surface area contributed by atoms with E-state index in [1.807, 2.05) is 38.1 Å². The van der Waals surface area contributed by atoms with Gasteiger partial charge in [-0.3, -0.25) is 0 Å². The van der Waals surface area contributed by atoms with E-state index in [-0.39, 0.29) is 12.1 Å². The molecule has 2 rings (SSSR count). The Balaban J connectivity index is 1.92. The zero-order chi connectivity index (χ0) is 15.4. The van der Waals surface area contributed by atoms with Crippen LogP contribution in [0.5, 0.6) is 0 Å². The van der Waals surface area contributed by atoms with Crippen LogP contribution in [0.3, 0.4) is 0 Å². The Morgan fingerprint density at radius 3 is 2.38 bits per heavy atom. The summed E-state index contributed by atoms with van der Waals surface area (Å²) in [4.78, 5) is 11.8. The molecule has 116 valence electrons. The van der Waals surface area contributed by atoms with Crippen LogP contribution >= 0.6 is 0 Å². The Hall–Kier alpha value is -1.51. The highest BCUT2D eigenvalue weighted by molar-refractivity contribution is 5.89. The molecule has 0 aliphatic heterocycles. The molecule has 3 atom stereocenters. The number of carbonyl (C=O) groups excluding carboxylic acids is 1. The highest BCUT2D eigenvalue weighted by atomic mass is 16.5. The lowest BCUT2D eigenvalue weighted by atomic mass is 9.79. The van der Waals surface area contributed by atoms with Gasteiger partial charge in [-0.2, -0.15) is 0 Å². The highest BCUT2D eigenvalue weighted by Gasteiger charge is 2.24. The van der Waals surface area contributed by atoms with Crippen LogP contribution in [-0.2, 0) is 4.74 Å². The Morgan fingerprint density at radius 1 is 1.14 bits per heavy atom. The third-order valence-electron chi connectivity index (χ3n) is 4.43. The minimum Gasteiger partial charge on any atom is -0.459 e. The molecule has 1 aromatic carbocycles. The molecule has 3 nitrogen and oxygen atoms in total. The van der Waals surface area contributed by atoms with Gasteiger partial charge in [-0.05, 0) is 69.2 Å². The van der Waals surface area contributed by atoms with Crippen LogP contribution in [0.2, 0.25) is 0 Å². The van der Waals surface area contributed by atoms with Crippen molar-refractivity contribution < 1.29 is 9.53 Å². The summed E-state index contributed by atoms with van der Waals surface area (Å²) in [6, 6.07) is 8.16. The van der Waals surface area contributed by atoms with Gasteiger partial charge in [0.05, 0.1) is 11.7 Å². The quantitative estimate of drug-likeness (QED) is 0.830. The van der Waals surface area contributed by atoms with E-state index in [0.29, 0.717) is 11.6 Å². The molecule has 0 amide bonds. The summed E-state index contributed by atoms with van der Waals surface area (Å²) in [6.45, 7) is 8.40. The maximum atomic E-state index is 11.8. The lowest BCUT2D eigenvalue weighted by Crippen LogP contribution is -2.30. The number of anilines is 1. The average molecular weight is 289 g/mol. The van der Waals surface area contributed by atoms with Crippen LogP contribution in [0, 0.1) is 11.8 Å². The average Bonchev–Trinajstić information content (AvgIpc) is 2.43. The second-order valence-corrected chi connectivity index (χ2v) is 6.64. The van der Waals surface area contributed by atoms with E-state index in [1.54, 1.807) is 0 Å². The van der Waals surface area contributed by atoms with Crippen LogP contribution in [0.4, 0.5) is 5.69 Å². The van der Waals surface area contributed by atoms with Crippen molar-refractivity contribution in [2.24, 2.45) is 11.8 Å². The van der Waals surface area contributed by atoms with Gasteiger partial charge < -0.3 is 10.1 Å². The number of carbonyl (C=O) groups is 1. The van der Waals surface area contributed by atoms with Gasteiger partial charge in [-0.25, -0.2) is 4.79 Å². The molecule has 0 spiro atoms. The first kappa shape index (κ1) is 15.9. The third-order valence-corrected chi connectivity index (χ3v) is 4.43. The molecule has 1 N–H and O–H groups in total. The molecule has 1 fully saturated rings. The Morgan fingerprint density at radius 2 is 1.81 bits per heavy atom. The van der Waals surface area contributed by atoms with Crippen LogP contribution in [0.1, 0.15) is 57.3 Å². The summed E-state index contributed by atoms with van der Waals surface area (Å²) in [5.41, 5.74) is 1.70. The van der Waals surface area contributed by atoms with E-state index in [0.717, 1.165) is 17.5 Å². The second kappa shape index (κ2) is 6.97. The number of nitrogens with one attached hydrogen (secondary N) is 1. The van der Waals surface area contributed by atoms with Crippen molar-refractivity contribution in [1.29, 1.82) is 0 Å². The normalized spacial score (nSPS) is 25.7. The van der Waals surface area contributed by atoms with Crippen LogP contribution in [0.15, 0.2) is 24.3 Å². The molecule has 1 aliphatic carbocycles. The molecule has 1 aromatic rings. The lowest BCUT2D eigenvalue weighted by molar-refractivity contribution is 0.0378. The Labute approximate surface area is 128 Å². The molecular formula is C18H27NO2. The van der Waals surface area contributed by atoms with E-state index in [2.05, 4.69) is 19.2 Å². The molecule has 3 unspecified atom stereocenters. The fourth-order valence-corrected chi connectivity index (χ4v) is 2.90. The zero-order valence-electron chi connectivity index (χ0n) is 13.6. The maximum Gasteiger partial charge on any atom is 0.338 e. The van der Waals surface area contributed by atoms with E-state index in [1.165, 1.54) is 19.3 Å².